The number of ether oxygens (including phenoxy) is 1. The Hall–Kier alpha value is -1.94. The van der Waals surface area contributed by atoms with E-state index in [4.69, 9.17) is 4.74 Å². The van der Waals surface area contributed by atoms with Gasteiger partial charge in [-0.25, -0.2) is 8.78 Å². The predicted octanol–water partition coefficient (Wildman–Crippen LogP) is 4.49. The number of nitrogens with zero attached hydrogens (tertiary/aromatic N) is 1. The third-order valence-electron chi connectivity index (χ3n) is 5.48. The van der Waals surface area contributed by atoms with E-state index in [9.17, 15) is 8.78 Å². The maximum atomic E-state index is 14.3. The smallest absolute Gasteiger partial charge is 0.263 e. The quantitative estimate of drug-likeness (QED) is 0.766. The van der Waals surface area contributed by atoms with Crippen molar-refractivity contribution in [1.82, 2.24) is 4.90 Å². The van der Waals surface area contributed by atoms with E-state index in [1.54, 1.807) is 24.3 Å². The van der Waals surface area contributed by atoms with Crippen molar-refractivity contribution in [1.29, 1.82) is 0 Å². The normalized spacial score (nSPS) is 25.0. The lowest BCUT2D eigenvalue weighted by Gasteiger charge is -2.19. The van der Waals surface area contributed by atoms with Crippen molar-refractivity contribution >= 4 is 0 Å². The van der Waals surface area contributed by atoms with Crippen LogP contribution >= 0.6 is 0 Å². The predicted molar refractivity (Wildman–Crippen MR) is 94.4 cm³/mol. The zero-order valence-corrected chi connectivity index (χ0v) is 14.3. The highest BCUT2D eigenvalue weighted by atomic mass is 19.3. The molecule has 2 nitrogen and oxygen atoms in total. The van der Waals surface area contributed by atoms with Gasteiger partial charge in [0.25, 0.3) is 5.92 Å². The number of benzene rings is 2. The van der Waals surface area contributed by atoms with Crippen LogP contribution in [-0.4, -0.2) is 37.1 Å². The molecule has 2 aromatic rings. The standard InChI is InChI=1S/C21H23F2NO/c22-21(23)16-20(21,17-6-2-1-3-7-17)18-8-10-19(11-9-18)25-15-14-24-12-4-5-13-24/h1-3,6-11H,4-5,12-16H2/t20-/m0/s1. The van der Waals surface area contributed by atoms with Gasteiger partial charge in [-0.1, -0.05) is 42.5 Å². The molecule has 2 aromatic carbocycles. The van der Waals surface area contributed by atoms with E-state index in [1.807, 2.05) is 30.3 Å². The van der Waals surface area contributed by atoms with Crippen molar-refractivity contribution in [2.75, 3.05) is 26.2 Å². The summed E-state index contributed by atoms with van der Waals surface area (Å²) in [6.07, 6.45) is 2.41. The molecule has 4 rings (SSSR count). The summed E-state index contributed by atoms with van der Waals surface area (Å²) in [6, 6.07) is 16.3. The molecule has 1 aliphatic carbocycles. The number of halogens is 2. The second-order valence-electron chi connectivity index (χ2n) is 7.07. The van der Waals surface area contributed by atoms with Crippen molar-refractivity contribution in [2.24, 2.45) is 0 Å². The molecule has 4 heteroatoms. The molecule has 2 fully saturated rings. The van der Waals surface area contributed by atoms with Crippen molar-refractivity contribution in [3.8, 4) is 5.75 Å². The molecule has 0 unspecified atom stereocenters. The molecule has 0 aromatic heterocycles. The molecule has 1 saturated heterocycles. The van der Waals surface area contributed by atoms with Gasteiger partial charge in [-0.3, -0.25) is 4.90 Å². The van der Waals surface area contributed by atoms with Crippen LogP contribution in [0, 0.1) is 0 Å². The number of hydrogen-bond donors (Lipinski definition) is 0. The zero-order chi connectivity index (χ0) is 17.3. The van der Waals surface area contributed by atoms with Gasteiger partial charge in [0.1, 0.15) is 12.4 Å². The van der Waals surface area contributed by atoms with Crippen LogP contribution in [0.15, 0.2) is 54.6 Å². The van der Waals surface area contributed by atoms with Gasteiger partial charge >= 0.3 is 0 Å². The topological polar surface area (TPSA) is 12.5 Å². The first-order chi connectivity index (χ1) is 12.1. The molecule has 0 amide bonds. The molecular formula is C21H23F2NO. The number of alkyl halides is 2. The van der Waals surface area contributed by atoms with E-state index in [0.717, 1.165) is 25.4 Å². The lowest BCUT2D eigenvalue weighted by atomic mass is 9.87. The Balaban J connectivity index is 1.46. The first-order valence-corrected chi connectivity index (χ1v) is 9.01. The maximum Gasteiger partial charge on any atom is 0.263 e. The first kappa shape index (κ1) is 16.5. The largest absolute Gasteiger partial charge is 0.492 e. The van der Waals surface area contributed by atoms with Gasteiger partial charge in [-0.15, -0.1) is 0 Å². The van der Waals surface area contributed by atoms with E-state index in [2.05, 4.69) is 4.90 Å². The lowest BCUT2D eigenvalue weighted by molar-refractivity contribution is 0.0966. The van der Waals surface area contributed by atoms with Gasteiger partial charge in [-0.05, 0) is 49.2 Å². The van der Waals surface area contributed by atoms with E-state index >= 15 is 0 Å². The Bertz CT molecular complexity index is 710. The minimum Gasteiger partial charge on any atom is -0.492 e. The highest BCUT2D eigenvalue weighted by Crippen LogP contribution is 2.65. The average molecular weight is 343 g/mol. The Morgan fingerprint density at radius 2 is 1.48 bits per heavy atom. The highest BCUT2D eigenvalue weighted by Gasteiger charge is 2.72. The Labute approximate surface area is 147 Å². The van der Waals surface area contributed by atoms with Gasteiger partial charge in [0, 0.05) is 13.0 Å². The van der Waals surface area contributed by atoms with E-state index in [-0.39, 0.29) is 6.42 Å². The summed E-state index contributed by atoms with van der Waals surface area (Å²) in [6.45, 7) is 3.86. The molecule has 132 valence electrons. The van der Waals surface area contributed by atoms with Crippen LogP contribution in [-0.2, 0) is 5.41 Å². The second kappa shape index (κ2) is 6.41. The van der Waals surface area contributed by atoms with Gasteiger partial charge < -0.3 is 4.74 Å². The summed E-state index contributed by atoms with van der Waals surface area (Å²) in [4.78, 5) is 2.39. The van der Waals surface area contributed by atoms with Gasteiger partial charge in [0.05, 0.1) is 5.41 Å². The van der Waals surface area contributed by atoms with Crippen LogP contribution in [0.25, 0.3) is 0 Å². The fraction of sp³-hybridized carbons (Fsp3) is 0.429. The van der Waals surface area contributed by atoms with Crippen molar-refractivity contribution in [3.05, 3.63) is 65.7 Å². The molecule has 0 spiro atoms. The van der Waals surface area contributed by atoms with Crippen molar-refractivity contribution in [2.45, 2.75) is 30.6 Å². The molecule has 1 heterocycles. The Morgan fingerprint density at radius 3 is 2.08 bits per heavy atom. The number of likely N-dealkylation sites (tertiary alicyclic amines) is 1. The molecule has 1 saturated carbocycles. The van der Waals surface area contributed by atoms with Crippen LogP contribution in [0.1, 0.15) is 30.4 Å². The molecule has 0 bridgehead atoms. The van der Waals surface area contributed by atoms with Gasteiger partial charge in [-0.2, -0.15) is 0 Å². The molecular weight excluding hydrogens is 320 g/mol. The fourth-order valence-corrected chi connectivity index (χ4v) is 3.94. The molecule has 0 radical (unpaired) electrons. The summed E-state index contributed by atoms with van der Waals surface area (Å²) in [7, 11) is 0. The van der Waals surface area contributed by atoms with Crippen LogP contribution < -0.4 is 4.74 Å². The summed E-state index contributed by atoms with van der Waals surface area (Å²) in [5.41, 5.74) is 0.167. The molecule has 0 N–H and O–H groups in total. The summed E-state index contributed by atoms with van der Waals surface area (Å²) >= 11 is 0. The van der Waals surface area contributed by atoms with Crippen LogP contribution in [0.3, 0.4) is 0 Å². The number of rotatable bonds is 6. The highest BCUT2D eigenvalue weighted by molar-refractivity contribution is 5.51. The molecule has 25 heavy (non-hydrogen) atoms. The summed E-state index contributed by atoms with van der Waals surface area (Å²) in [5.74, 6) is -1.94. The Morgan fingerprint density at radius 1 is 0.880 bits per heavy atom. The summed E-state index contributed by atoms with van der Waals surface area (Å²) < 4.78 is 34.3. The Kier molecular flexibility index (Phi) is 4.24. The van der Waals surface area contributed by atoms with Crippen molar-refractivity contribution in [3.63, 3.8) is 0 Å². The molecule has 2 aliphatic rings. The van der Waals surface area contributed by atoms with E-state index < -0.39 is 11.3 Å². The van der Waals surface area contributed by atoms with Gasteiger partial charge in [0.15, 0.2) is 0 Å². The number of hydrogen-bond acceptors (Lipinski definition) is 2. The maximum absolute atomic E-state index is 14.3. The zero-order valence-electron chi connectivity index (χ0n) is 14.3. The second-order valence-corrected chi connectivity index (χ2v) is 7.07. The SMILES string of the molecule is FC1(F)C[C@]1(c1ccccc1)c1ccc(OCCN2CCCC2)cc1. The third kappa shape index (κ3) is 3.04. The molecule has 1 aliphatic heterocycles. The minimum absolute atomic E-state index is 0.126. The fourth-order valence-electron chi connectivity index (χ4n) is 3.94. The average Bonchev–Trinajstić information content (AvgIpc) is 2.97. The van der Waals surface area contributed by atoms with Gasteiger partial charge in [0.2, 0.25) is 0 Å². The van der Waals surface area contributed by atoms with E-state index in [0.29, 0.717) is 17.7 Å². The summed E-state index contributed by atoms with van der Waals surface area (Å²) in [5, 5.41) is 0. The van der Waals surface area contributed by atoms with E-state index in [1.165, 1.54) is 12.8 Å². The van der Waals surface area contributed by atoms with Crippen LogP contribution in [0.5, 0.6) is 5.75 Å². The van der Waals surface area contributed by atoms with Crippen LogP contribution in [0.2, 0.25) is 0 Å². The lowest BCUT2D eigenvalue weighted by Crippen LogP contribution is -2.25. The minimum atomic E-state index is -2.69. The van der Waals surface area contributed by atoms with Crippen LogP contribution in [0.4, 0.5) is 8.78 Å². The first-order valence-electron chi connectivity index (χ1n) is 9.01. The third-order valence-corrected chi connectivity index (χ3v) is 5.48. The monoisotopic (exact) mass is 343 g/mol. The van der Waals surface area contributed by atoms with Crippen molar-refractivity contribution < 1.29 is 13.5 Å². The molecule has 1 atom stereocenters.